The Morgan fingerprint density at radius 3 is 1.57 bits per heavy atom. The normalized spacial score (nSPS) is 20.9. The monoisotopic (exact) mass is 793 g/mol. The molecule has 1 aliphatic heterocycles. The number of allylic oxidation sites excluding steroid dienone is 8. The van der Waals surface area contributed by atoms with Crippen molar-refractivity contribution in [1.82, 2.24) is 0 Å². The van der Waals surface area contributed by atoms with Crippen molar-refractivity contribution >= 4 is 11.9 Å². The van der Waals surface area contributed by atoms with Crippen LogP contribution in [0.2, 0.25) is 0 Å². The second-order valence-electron chi connectivity index (χ2n) is 15.1. The molecule has 0 aromatic heterocycles. The molecule has 10 heteroatoms. The molecule has 0 spiro atoms. The number of ether oxygens (including phenoxy) is 4. The van der Waals surface area contributed by atoms with Crippen LogP contribution in [0.5, 0.6) is 0 Å². The van der Waals surface area contributed by atoms with Crippen molar-refractivity contribution in [2.45, 2.75) is 211 Å². The predicted molar refractivity (Wildman–Crippen MR) is 224 cm³/mol. The number of rotatable bonds is 36. The maximum atomic E-state index is 12.7. The van der Waals surface area contributed by atoms with Gasteiger partial charge in [-0.05, 0) is 70.6 Å². The second kappa shape index (κ2) is 37.0. The zero-order valence-corrected chi connectivity index (χ0v) is 35.1. The molecule has 1 heterocycles. The lowest BCUT2D eigenvalue weighted by Crippen LogP contribution is -2.59. The van der Waals surface area contributed by atoms with E-state index in [1.54, 1.807) is 0 Å². The van der Waals surface area contributed by atoms with E-state index in [1.807, 2.05) is 0 Å². The molecule has 6 atom stereocenters. The standard InChI is InChI=1S/C46H80O10/c1-3-5-7-9-11-13-15-17-19-20-21-23-24-26-28-30-32-34-41(48)53-37-39(38-54-46-45(52)44(51)43(50)40(36-47)56-46)55-42(49)35-33-31-29-27-25-22-18-16-14-12-10-8-6-4-2/h16-19,21,23,26,28,39-40,43-47,50-52H,3-15,20,22,24-25,27,29-38H2,1-2H3/b18-16+,19-17+,23-21+,28-26+/t39-,40-,43+,44?,45?,46-/m0/s1. The van der Waals surface area contributed by atoms with Crippen molar-refractivity contribution in [3.05, 3.63) is 48.6 Å². The van der Waals surface area contributed by atoms with Crippen molar-refractivity contribution in [3.8, 4) is 0 Å². The van der Waals surface area contributed by atoms with Gasteiger partial charge in [-0.3, -0.25) is 9.59 Å². The fraction of sp³-hybridized carbons (Fsp3) is 0.783. The topological polar surface area (TPSA) is 152 Å². The number of aliphatic hydroxyl groups is 4. The number of unbranched alkanes of at least 4 members (excludes halogenated alkanes) is 17. The van der Waals surface area contributed by atoms with Crippen LogP contribution < -0.4 is 0 Å². The molecule has 1 rings (SSSR count). The third-order valence-electron chi connectivity index (χ3n) is 9.94. The van der Waals surface area contributed by atoms with Gasteiger partial charge in [-0.2, -0.15) is 0 Å². The van der Waals surface area contributed by atoms with Crippen LogP contribution in [-0.4, -0.2) is 89.0 Å². The molecule has 324 valence electrons. The van der Waals surface area contributed by atoms with Crippen LogP contribution in [0.15, 0.2) is 48.6 Å². The average molecular weight is 793 g/mol. The van der Waals surface area contributed by atoms with Crippen LogP contribution in [-0.2, 0) is 28.5 Å². The van der Waals surface area contributed by atoms with Gasteiger partial charge in [0.25, 0.3) is 0 Å². The smallest absolute Gasteiger partial charge is 0.306 e. The fourth-order valence-electron chi connectivity index (χ4n) is 6.37. The highest BCUT2D eigenvalue weighted by Gasteiger charge is 2.44. The molecule has 0 saturated carbocycles. The zero-order valence-electron chi connectivity index (χ0n) is 35.1. The van der Waals surface area contributed by atoms with E-state index >= 15 is 0 Å². The van der Waals surface area contributed by atoms with E-state index in [0.717, 1.165) is 64.2 Å². The number of aliphatic hydroxyl groups excluding tert-OH is 4. The molecule has 0 aliphatic carbocycles. The first kappa shape index (κ1) is 51.7. The lowest BCUT2D eigenvalue weighted by Gasteiger charge is -2.39. The minimum absolute atomic E-state index is 0.201. The van der Waals surface area contributed by atoms with Crippen molar-refractivity contribution < 1.29 is 49.0 Å². The van der Waals surface area contributed by atoms with E-state index < -0.39 is 55.4 Å². The molecule has 10 nitrogen and oxygen atoms in total. The molecule has 56 heavy (non-hydrogen) atoms. The Labute approximate surface area is 339 Å². The largest absolute Gasteiger partial charge is 0.462 e. The summed E-state index contributed by atoms with van der Waals surface area (Å²) in [5, 5.41) is 40.0. The molecule has 0 bridgehead atoms. The molecule has 0 radical (unpaired) electrons. The van der Waals surface area contributed by atoms with Gasteiger partial charge in [0, 0.05) is 12.8 Å². The third-order valence-corrected chi connectivity index (χ3v) is 9.94. The molecular weight excluding hydrogens is 712 g/mol. The molecule has 1 saturated heterocycles. The fourth-order valence-corrected chi connectivity index (χ4v) is 6.37. The van der Waals surface area contributed by atoms with E-state index in [0.29, 0.717) is 12.8 Å². The maximum absolute atomic E-state index is 12.7. The van der Waals surface area contributed by atoms with Crippen molar-refractivity contribution in [2.24, 2.45) is 0 Å². The third kappa shape index (κ3) is 28.1. The van der Waals surface area contributed by atoms with Crippen LogP contribution in [0.4, 0.5) is 0 Å². The highest BCUT2D eigenvalue weighted by atomic mass is 16.7. The van der Waals surface area contributed by atoms with Gasteiger partial charge in [-0.1, -0.05) is 140 Å². The molecular formula is C46H80O10. The second-order valence-corrected chi connectivity index (χ2v) is 15.1. The lowest BCUT2D eigenvalue weighted by molar-refractivity contribution is -0.305. The van der Waals surface area contributed by atoms with E-state index in [-0.39, 0.29) is 26.1 Å². The number of carbonyl (C=O) groups excluding carboxylic acids is 2. The molecule has 0 aromatic rings. The van der Waals surface area contributed by atoms with E-state index in [9.17, 15) is 30.0 Å². The van der Waals surface area contributed by atoms with Gasteiger partial charge >= 0.3 is 11.9 Å². The van der Waals surface area contributed by atoms with Gasteiger partial charge in [0.2, 0.25) is 0 Å². The quantitative estimate of drug-likeness (QED) is 0.0275. The summed E-state index contributed by atoms with van der Waals surface area (Å²) in [5.74, 6) is -0.879. The summed E-state index contributed by atoms with van der Waals surface area (Å²) in [5.41, 5.74) is 0. The van der Waals surface area contributed by atoms with Crippen LogP contribution in [0.25, 0.3) is 0 Å². The Morgan fingerprint density at radius 1 is 0.554 bits per heavy atom. The van der Waals surface area contributed by atoms with E-state index in [4.69, 9.17) is 18.9 Å². The SMILES string of the molecule is CCCCCCC/C=C/CCCCCCCC(=O)O[C@@H](COC(=O)CCC/C=C/C/C=C/C/C=C/CCCCCCCC)CO[C@H]1O[C@@H](CO)[C@@H](O)C(O)C1O. The lowest BCUT2D eigenvalue weighted by atomic mass is 9.99. The van der Waals surface area contributed by atoms with Crippen LogP contribution in [0, 0.1) is 0 Å². The first-order chi connectivity index (χ1) is 27.3. The average Bonchev–Trinajstić information content (AvgIpc) is 3.19. The van der Waals surface area contributed by atoms with Gasteiger partial charge in [0.15, 0.2) is 12.4 Å². The van der Waals surface area contributed by atoms with Crippen LogP contribution in [0.1, 0.15) is 174 Å². The Kier molecular flexibility index (Phi) is 34.1. The Morgan fingerprint density at radius 2 is 1.02 bits per heavy atom. The summed E-state index contributed by atoms with van der Waals surface area (Å²) in [6.07, 6.45) is 35.5. The first-order valence-electron chi connectivity index (χ1n) is 22.2. The van der Waals surface area contributed by atoms with Gasteiger partial charge in [0.05, 0.1) is 13.2 Å². The Balaban J connectivity index is 2.39. The summed E-state index contributed by atoms with van der Waals surface area (Å²) < 4.78 is 22.1. The Hall–Kier alpha value is -2.34. The van der Waals surface area contributed by atoms with Crippen LogP contribution in [0.3, 0.4) is 0 Å². The zero-order chi connectivity index (χ0) is 40.9. The number of hydrogen-bond acceptors (Lipinski definition) is 10. The first-order valence-corrected chi connectivity index (χ1v) is 22.2. The number of esters is 2. The highest BCUT2D eigenvalue weighted by molar-refractivity contribution is 5.70. The predicted octanol–water partition coefficient (Wildman–Crippen LogP) is 9.27. The van der Waals surface area contributed by atoms with Crippen molar-refractivity contribution in [2.75, 3.05) is 19.8 Å². The number of carbonyl (C=O) groups is 2. The minimum Gasteiger partial charge on any atom is -0.462 e. The summed E-state index contributed by atoms with van der Waals surface area (Å²) >= 11 is 0. The summed E-state index contributed by atoms with van der Waals surface area (Å²) in [4.78, 5) is 25.3. The van der Waals surface area contributed by atoms with Gasteiger partial charge in [0.1, 0.15) is 31.0 Å². The minimum atomic E-state index is -1.60. The van der Waals surface area contributed by atoms with Gasteiger partial charge in [-0.25, -0.2) is 0 Å². The van der Waals surface area contributed by atoms with Crippen LogP contribution >= 0.6 is 0 Å². The molecule has 4 N–H and O–H groups in total. The molecule has 1 fully saturated rings. The molecule has 1 aliphatic rings. The van der Waals surface area contributed by atoms with Crippen molar-refractivity contribution in [3.63, 3.8) is 0 Å². The maximum Gasteiger partial charge on any atom is 0.306 e. The molecule has 0 aromatic carbocycles. The van der Waals surface area contributed by atoms with E-state index in [1.165, 1.54) is 70.6 Å². The summed E-state index contributed by atoms with van der Waals surface area (Å²) in [7, 11) is 0. The summed E-state index contributed by atoms with van der Waals surface area (Å²) in [6.45, 7) is 3.34. The van der Waals surface area contributed by atoms with Gasteiger partial charge in [-0.15, -0.1) is 0 Å². The summed E-state index contributed by atoms with van der Waals surface area (Å²) in [6, 6.07) is 0. The molecule has 2 unspecified atom stereocenters. The van der Waals surface area contributed by atoms with Crippen molar-refractivity contribution in [1.29, 1.82) is 0 Å². The highest BCUT2D eigenvalue weighted by Crippen LogP contribution is 2.22. The van der Waals surface area contributed by atoms with E-state index in [2.05, 4.69) is 62.5 Å². The molecule has 0 amide bonds. The Bertz CT molecular complexity index is 1050. The van der Waals surface area contributed by atoms with Gasteiger partial charge < -0.3 is 39.4 Å². The number of hydrogen-bond donors (Lipinski definition) is 4.